The van der Waals surface area contributed by atoms with E-state index in [2.05, 4.69) is 43.2 Å². The van der Waals surface area contributed by atoms with Crippen LogP contribution >= 0.6 is 11.6 Å². The highest BCUT2D eigenvalue weighted by atomic mass is 35.5. The summed E-state index contributed by atoms with van der Waals surface area (Å²) in [5.41, 5.74) is 3.72. The van der Waals surface area contributed by atoms with Crippen LogP contribution in [0.3, 0.4) is 0 Å². The molecular weight excluding hydrogens is 356 g/mol. The maximum Gasteiger partial charge on any atom is 0.248 e. The Morgan fingerprint density at radius 1 is 1.15 bits per heavy atom. The number of pyridine rings is 1. The summed E-state index contributed by atoms with van der Waals surface area (Å²) in [5.74, 6) is -0.244. The molecular formula is C23H23ClN2O. The van der Waals surface area contributed by atoms with E-state index in [1.807, 2.05) is 36.4 Å². The monoisotopic (exact) mass is 378 g/mol. The first kappa shape index (κ1) is 19.1. The topological polar surface area (TPSA) is 42.0 Å². The molecule has 0 saturated heterocycles. The van der Waals surface area contributed by atoms with Crippen molar-refractivity contribution in [1.82, 2.24) is 4.98 Å². The molecule has 0 spiro atoms. The SMILES string of the molecule is CCC(C)(C)c1ccc(/C=C\C(=O)Nc2cnc3ccccc3c2Cl)cc1. The lowest BCUT2D eigenvalue weighted by molar-refractivity contribution is -0.111. The molecule has 0 aliphatic carbocycles. The molecule has 3 aromatic rings. The lowest BCUT2D eigenvalue weighted by Gasteiger charge is -2.23. The van der Waals surface area contributed by atoms with Crippen LogP contribution in [-0.2, 0) is 10.2 Å². The Kier molecular flexibility index (Phi) is 5.62. The molecule has 1 amide bonds. The Hall–Kier alpha value is -2.65. The van der Waals surface area contributed by atoms with Gasteiger partial charge in [-0.25, -0.2) is 0 Å². The van der Waals surface area contributed by atoms with Gasteiger partial charge in [-0.15, -0.1) is 0 Å². The van der Waals surface area contributed by atoms with Gasteiger partial charge in [0.05, 0.1) is 22.4 Å². The lowest BCUT2D eigenvalue weighted by Crippen LogP contribution is -2.15. The summed E-state index contributed by atoms with van der Waals surface area (Å²) in [6.45, 7) is 6.64. The molecule has 3 nitrogen and oxygen atoms in total. The van der Waals surface area contributed by atoms with E-state index in [4.69, 9.17) is 11.6 Å². The molecule has 3 rings (SSSR count). The summed E-state index contributed by atoms with van der Waals surface area (Å²) in [6, 6.07) is 15.9. The Labute approximate surface area is 165 Å². The number of aromatic nitrogens is 1. The number of anilines is 1. The second-order valence-corrected chi connectivity index (χ2v) is 7.56. The van der Waals surface area contributed by atoms with Crippen LogP contribution in [0.15, 0.2) is 60.8 Å². The number of hydrogen-bond donors (Lipinski definition) is 1. The summed E-state index contributed by atoms with van der Waals surface area (Å²) >= 11 is 6.40. The normalized spacial score (nSPS) is 11.9. The Balaban J connectivity index is 1.71. The van der Waals surface area contributed by atoms with E-state index in [1.165, 1.54) is 11.6 Å². The molecule has 1 heterocycles. The fourth-order valence-corrected chi connectivity index (χ4v) is 3.05. The summed E-state index contributed by atoms with van der Waals surface area (Å²) in [6.07, 6.45) is 5.95. The number of carbonyl (C=O) groups is 1. The summed E-state index contributed by atoms with van der Waals surface area (Å²) in [7, 11) is 0. The molecule has 0 bridgehead atoms. The zero-order valence-electron chi connectivity index (χ0n) is 15.8. The Bertz CT molecular complexity index is 991. The highest BCUT2D eigenvalue weighted by molar-refractivity contribution is 6.38. The number of carbonyl (C=O) groups excluding carboxylic acids is 1. The number of rotatable bonds is 5. The van der Waals surface area contributed by atoms with E-state index in [-0.39, 0.29) is 11.3 Å². The van der Waals surface area contributed by atoms with E-state index in [0.717, 1.165) is 22.9 Å². The van der Waals surface area contributed by atoms with Gasteiger partial charge in [0.2, 0.25) is 5.91 Å². The van der Waals surface area contributed by atoms with Crippen LogP contribution in [0.5, 0.6) is 0 Å². The van der Waals surface area contributed by atoms with Gasteiger partial charge in [0, 0.05) is 11.5 Å². The van der Waals surface area contributed by atoms with E-state index >= 15 is 0 Å². The maximum atomic E-state index is 12.3. The molecule has 1 N–H and O–H groups in total. The van der Waals surface area contributed by atoms with Crippen molar-refractivity contribution in [3.8, 4) is 0 Å². The fraction of sp³-hybridized carbons (Fsp3) is 0.217. The number of halogens is 1. The van der Waals surface area contributed by atoms with Crippen LogP contribution in [-0.4, -0.2) is 10.9 Å². The first-order valence-electron chi connectivity index (χ1n) is 9.03. The van der Waals surface area contributed by atoms with Gasteiger partial charge < -0.3 is 5.32 Å². The number of hydrogen-bond acceptors (Lipinski definition) is 2. The van der Waals surface area contributed by atoms with Crippen molar-refractivity contribution in [3.63, 3.8) is 0 Å². The van der Waals surface area contributed by atoms with Gasteiger partial charge in [0.15, 0.2) is 0 Å². The molecule has 1 aromatic heterocycles. The van der Waals surface area contributed by atoms with E-state index in [0.29, 0.717) is 10.7 Å². The van der Waals surface area contributed by atoms with Crippen LogP contribution < -0.4 is 5.32 Å². The summed E-state index contributed by atoms with van der Waals surface area (Å²) in [5, 5.41) is 4.11. The molecule has 0 atom stereocenters. The van der Waals surface area contributed by atoms with E-state index in [9.17, 15) is 4.79 Å². The van der Waals surface area contributed by atoms with Crippen molar-refractivity contribution in [2.24, 2.45) is 0 Å². The van der Waals surface area contributed by atoms with Crippen molar-refractivity contribution < 1.29 is 4.79 Å². The van der Waals surface area contributed by atoms with Crippen molar-refractivity contribution in [1.29, 1.82) is 0 Å². The smallest absolute Gasteiger partial charge is 0.248 e. The van der Waals surface area contributed by atoms with Crippen LogP contribution in [0, 0.1) is 0 Å². The predicted octanol–water partition coefficient (Wildman–Crippen LogP) is 6.23. The minimum Gasteiger partial charge on any atom is -0.320 e. The zero-order chi connectivity index (χ0) is 19.4. The standard InChI is InChI=1S/C23H23ClN2O/c1-4-23(2,3)17-12-9-16(10-13-17)11-14-21(27)26-20-15-25-19-8-6-5-7-18(19)22(20)24/h5-15H,4H2,1-3H3,(H,26,27)/b14-11-. The molecule has 0 radical (unpaired) electrons. The van der Waals surface area contributed by atoms with Crippen molar-refractivity contribution in [2.75, 3.05) is 5.32 Å². The van der Waals surface area contributed by atoms with Crippen LogP contribution in [0.1, 0.15) is 38.3 Å². The molecule has 2 aromatic carbocycles. The van der Waals surface area contributed by atoms with Crippen LogP contribution in [0.2, 0.25) is 5.02 Å². The molecule has 138 valence electrons. The average Bonchev–Trinajstić information content (AvgIpc) is 2.69. The fourth-order valence-electron chi connectivity index (χ4n) is 2.79. The van der Waals surface area contributed by atoms with E-state index < -0.39 is 0 Å². The van der Waals surface area contributed by atoms with Crippen molar-refractivity contribution in [3.05, 3.63) is 77.0 Å². The first-order valence-corrected chi connectivity index (χ1v) is 9.41. The second-order valence-electron chi connectivity index (χ2n) is 7.19. The summed E-state index contributed by atoms with van der Waals surface area (Å²) < 4.78 is 0. The number of amides is 1. The number of para-hydroxylation sites is 1. The van der Waals surface area contributed by atoms with Gasteiger partial charge >= 0.3 is 0 Å². The zero-order valence-corrected chi connectivity index (χ0v) is 16.5. The number of fused-ring (bicyclic) bond motifs is 1. The molecule has 0 aliphatic heterocycles. The average molecular weight is 379 g/mol. The van der Waals surface area contributed by atoms with Gasteiger partial charge in [-0.3, -0.25) is 9.78 Å². The van der Waals surface area contributed by atoms with Gasteiger partial charge in [0.25, 0.3) is 0 Å². The lowest BCUT2D eigenvalue weighted by atomic mass is 9.82. The van der Waals surface area contributed by atoms with Gasteiger partial charge in [-0.05, 0) is 35.1 Å². The molecule has 4 heteroatoms. The maximum absolute atomic E-state index is 12.3. The van der Waals surface area contributed by atoms with Crippen LogP contribution in [0.4, 0.5) is 5.69 Å². The molecule has 0 aliphatic rings. The Morgan fingerprint density at radius 3 is 2.56 bits per heavy atom. The van der Waals surface area contributed by atoms with Crippen LogP contribution in [0.25, 0.3) is 17.0 Å². The third-order valence-corrected chi connectivity index (χ3v) is 5.38. The number of nitrogens with one attached hydrogen (secondary N) is 1. The highest BCUT2D eigenvalue weighted by Crippen LogP contribution is 2.29. The predicted molar refractivity (Wildman–Crippen MR) is 114 cm³/mol. The van der Waals surface area contributed by atoms with Crippen molar-refractivity contribution in [2.45, 2.75) is 32.6 Å². The summed E-state index contributed by atoms with van der Waals surface area (Å²) in [4.78, 5) is 16.6. The number of benzene rings is 2. The molecule has 0 fully saturated rings. The Morgan fingerprint density at radius 2 is 1.85 bits per heavy atom. The minimum absolute atomic E-state index is 0.152. The van der Waals surface area contributed by atoms with Gasteiger partial charge in [-0.2, -0.15) is 0 Å². The number of nitrogens with zero attached hydrogens (tertiary/aromatic N) is 1. The van der Waals surface area contributed by atoms with E-state index in [1.54, 1.807) is 12.3 Å². The highest BCUT2D eigenvalue weighted by Gasteiger charge is 2.17. The van der Waals surface area contributed by atoms with Gasteiger partial charge in [0.1, 0.15) is 0 Å². The first-order chi connectivity index (χ1) is 12.9. The van der Waals surface area contributed by atoms with Gasteiger partial charge in [-0.1, -0.05) is 74.8 Å². The minimum atomic E-state index is -0.244. The quantitative estimate of drug-likeness (QED) is 0.535. The third-order valence-electron chi connectivity index (χ3n) is 4.97. The molecule has 27 heavy (non-hydrogen) atoms. The molecule has 0 saturated carbocycles. The largest absolute Gasteiger partial charge is 0.320 e. The third kappa shape index (κ3) is 4.37. The second kappa shape index (κ2) is 7.93. The van der Waals surface area contributed by atoms with Crippen molar-refractivity contribution >= 4 is 40.2 Å². The molecule has 0 unspecified atom stereocenters.